The first-order valence-corrected chi connectivity index (χ1v) is 4.66. The molecule has 1 heterocycles. The van der Waals surface area contributed by atoms with Crippen LogP contribution >= 0.6 is 0 Å². The van der Waals surface area contributed by atoms with E-state index >= 15 is 0 Å². The molecule has 0 aliphatic carbocycles. The first-order chi connectivity index (χ1) is 7.24. The highest BCUT2D eigenvalue weighted by atomic mass is 19.1. The Hall–Kier alpha value is -1.90. The van der Waals surface area contributed by atoms with Crippen molar-refractivity contribution in [3.05, 3.63) is 54.1 Å². The Morgan fingerprint density at radius 3 is 2.53 bits per heavy atom. The average molecular weight is 202 g/mol. The summed E-state index contributed by atoms with van der Waals surface area (Å²) in [6.45, 7) is 0. The Balaban J connectivity index is 2.14. The van der Waals surface area contributed by atoms with E-state index < -0.39 is 0 Å². The van der Waals surface area contributed by atoms with Crippen LogP contribution in [0.15, 0.2) is 47.7 Å². The molecule has 3 heteroatoms. The molecule has 2 rings (SSSR count). The van der Waals surface area contributed by atoms with Crippen LogP contribution in [0.4, 0.5) is 10.1 Å². The van der Waals surface area contributed by atoms with Crippen molar-refractivity contribution in [2.75, 3.05) is 0 Å². The van der Waals surface area contributed by atoms with Crippen LogP contribution in [0.1, 0.15) is 5.56 Å². The SMILES string of the molecule is Cn1ccc(C=Nc2ccc(F)cc2)c1. The third-order valence-corrected chi connectivity index (χ3v) is 2.04. The summed E-state index contributed by atoms with van der Waals surface area (Å²) in [4.78, 5) is 4.23. The summed E-state index contributed by atoms with van der Waals surface area (Å²) in [5.74, 6) is -0.242. The second-order valence-electron chi connectivity index (χ2n) is 3.34. The van der Waals surface area contributed by atoms with Crippen molar-refractivity contribution in [3.63, 3.8) is 0 Å². The highest BCUT2D eigenvalue weighted by molar-refractivity contribution is 5.81. The van der Waals surface area contributed by atoms with E-state index in [1.54, 1.807) is 18.3 Å². The molecule has 2 nitrogen and oxygen atoms in total. The van der Waals surface area contributed by atoms with Crippen LogP contribution in [0.5, 0.6) is 0 Å². The van der Waals surface area contributed by atoms with Crippen LogP contribution in [-0.4, -0.2) is 10.8 Å². The number of benzene rings is 1. The molecule has 1 aromatic heterocycles. The summed E-state index contributed by atoms with van der Waals surface area (Å²) in [5.41, 5.74) is 1.78. The molecule has 76 valence electrons. The van der Waals surface area contributed by atoms with Crippen LogP contribution in [0.2, 0.25) is 0 Å². The number of rotatable bonds is 2. The topological polar surface area (TPSA) is 17.3 Å². The molecule has 0 spiro atoms. The molecule has 0 aliphatic heterocycles. The number of hydrogen-bond acceptors (Lipinski definition) is 1. The lowest BCUT2D eigenvalue weighted by Crippen LogP contribution is -1.79. The van der Waals surface area contributed by atoms with Crippen molar-refractivity contribution >= 4 is 11.9 Å². The molecule has 15 heavy (non-hydrogen) atoms. The minimum Gasteiger partial charge on any atom is -0.357 e. The monoisotopic (exact) mass is 202 g/mol. The van der Waals surface area contributed by atoms with Crippen LogP contribution in [0.25, 0.3) is 0 Å². The fourth-order valence-electron chi connectivity index (χ4n) is 1.28. The summed E-state index contributed by atoms with van der Waals surface area (Å²) in [5, 5.41) is 0. The Kier molecular flexibility index (Phi) is 2.63. The molecule has 0 N–H and O–H groups in total. The van der Waals surface area contributed by atoms with Crippen LogP contribution < -0.4 is 0 Å². The van der Waals surface area contributed by atoms with Crippen molar-refractivity contribution in [2.24, 2.45) is 12.0 Å². The van der Waals surface area contributed by atoms with E-state index in [2.05, 4.69) is 4.99 Å². The zero-order valence-electron chi connectivity index (χ0n) is 8.39. The molecule has 0 atom stereocenters. The van der Waals surface area contributed by atoms with Crippen molar-refractivity contribution in [1.29, 1.82) is 0 Å². The number of aryl methyl sites for hydroxylation is 1. The third kappa shape index (κ3) is 2.53. The second kappa shape index (κ2) is 4.09. The molecule has 0 amide bonds. The maximum Gasteiger partial charge on any atom is 0.123 e. The lowest BCUT2D eigenvalue weighted by atomic mass is 10.3. The van der Waals surface area contributed by atoms with Gasteiger partial charge < -0.3 is 4.57 Å². The van der Waals surface area contributed by atoms with Gasteiger partial charge in [0.25, 0.3) is 0 Å². The smallest absolute Gasteiger partial charge is 0.123 e. The Morgan fingerprint density at radius 2 is 1.93 bits per heavy atom. The quantitative estimate of drug-likeness (QED) is 0.666. The standard InChI is InChI=1S/C12H11FN2/c1-15-7-6-10(9-15)8-14-12-4-2-11(13)3-5-12/h2-9H,1H3. The van der Waals surface area contributed by atoms with Gasteiger partial charge in [0.05, 0.1) is 5.69 Å². The maximum absolute atomic E-state index is 12.6. The van der Waals surface area contributed by atoms with Gasteiger partial charge in [0.1, 0.15) is 5.82 Å². The molecule has 2 aromatic rings. The van der Waals surface area contributed by atoms with Crippen molar-refractivity contribution in [2.45, 2.75) is 0 Å². The largest absolute Gasteiger partial charge is 0.357 e. The molecular formula is C12H11FN2. The van der Waals surface area contributed by atoms with E-state index in [1.807, 2.05) is 30.1 Å². The number of aliphatic imine (C=N–C) groups is 1. The van der Waals surface area contributed by atoms with Gasteiger partial charge in [0.15, 0.2) is 0 Å². The van der Waals surface area contributed by atoms with E-state index in [9.17, 15) is 4.39 Å². The van der Waals surface area contributed by atoms with Gasteiger partial charge in [-0.1, -0.05) is 0 Å². The van der Waals surface area contributed by atoms with E-state index in [-0.39, 0.29) is 5.82 Å². The lowest BCUT2D eigenvalue weighted by Gasteiger charge is -1.91. The summed E-state index contributed by atoms with van der Waals surface area (Å²) in [6.07, 6.45) is 5.67. The minimum atomic E-state index is -0.242. The summed E-state index contributed by atoms with van der Waals surface area (Å²) < 4.78 is 14.5. The van der Waals surface area contributed by atoms with E-state index in [4.69, 9.17) is 0 Å². The Morgan fingerprint density at radius 1 is 1.20 bits per heavy atom. The van der Waals surface area contributed by atoms with Gasteiger partial charge in [-0.3, -0.25) is 4.99 Å². The Bertz CT molecular complexity index is 469. The van der Waals surface area contributed by atoms with Crippen molar-refractivity contribution in [1.82, 2.24) is 4.57 Å². The van der Waals surface area contributed by atoms with Crippen molar-refractivity contribution in [3.8, 4) is 0 Å². The van der Waals surface area contributed by atoms with Crippen LogP contribution in [-0.2, 0) is 7.05 Å². The molecule has 0 fully saturated rings. The summed E-state index contributed by atoms with van der Waals surface area (Å²) in [6, 6.07) is 8.06. The zero-order valence-corrected chi connectivity index (χ0v) is 8.39. The molecular weight excluding hydrogens is 191 g/mol. The number of nitrogens with zero attached hydrogens (tertiary/aromatic N) is 2. The third-order valence-electron chi connectivity index (χ3n) is 2.04. The van der Waals surface area contributed by atoms with Gasteiger partial charge in [-0.15, -0.1) is 0 Å². The normalized spacial score (nSPS) is 11.1. The molecule has 0 bridgehead atoms. The lowest BCUT2D eigenvalue weighted by molar-refractivity contribution is 0.628. The van der Waals surface area contributed by atoms with Gasteiger partial charge in [0, 0.05) is 31.2 Å². The molecule has 0 radical (unpaired) electrons. The Labute approximate surface area is 87.7 Å². The summed E-state index contributed by atoms with van der Waals surface area (Å²) in [7, 11) is 1.95. The van der Waals surface area contributed by atoms with Crippen molar-refractivity contribution < 1.29 is 4.39 Å². The highest BCUT2D eigenvalue weighted by Gasteiger charge is 1.91. The van der Waals surface area contributed by atoms with Gasteiger partial charge in [0.2, 0.25) is 0 Å². The second-order valence-corrected chi connectivity index (χ2v) is 3.34. The van der Waals surface area contributed by atoms with E-state index in [1.165, 1.54) is 12.1 Å². The van der Waals surface area contributed by atoms with E-state index in [0.717, 1.165) is 11.3 Å². The predicted octanol–water partition coefficient (Wildman–Crippen LogP) is 2.91. The first-order valence-electron chi connectivity index (χ1n) is 4.66. The van der Waals surface area contributed by atoms with Gasteiger partial charge in [-0.05, 0) is 30.3 Å². The molecule has 1 aromatic carbocycles. The zero-order chi connectivity index (χ0) is 10.7. The van der Waals surface area contributed by atoms with Gasteiger partial charge >= 0.3 is 0 Å². The van der Waals surface area contributed by atoms with Crippen LogP contribution in [0.3, 0.4) is 0 Å². The molecule has 0 aliphatic rings. The minimum absolute atomic E-state index is 0.242. The maximum atomic E-state index is 12.6. The van der Waals surface area contributed by atoms with Crippen LogP contribution in [0, 0.1) is 5.82 Å². The highest BCUT2D eigenvalue weighted by Crippen LogP contribution is 2.12. The van der Waals surface area contributed by atoms with Gasteiger partial charge in [-0.25, -0.2) is 4.39 Å². The average Bonchev–Trinajstić information content (AvgIpc) is 2.64. The number of hydrogen-bond donors (Lipinski definition) is 0. The number of halogens is 1. The summed E-state index contributed by atoms with van der Waals surface area (Å²) >= 11 is 0. The molecule has 0 saturated carbocycles. The predicted molar refractivity (Wildman–Crippen MR) is 59.1 cm³/mol. The van der Waals surface area contributed by atoms with E-state index in [0.29, 0.717) is 0 Å². The fourth-order valence-corrected chi connectivity index (χ4v) is 1.28. The van der Waals surface area contributed by atoms with Gasteiger partial charge in [-0.2, -0.15) is 0 Å². The fraction of sp³-hybridized carbons (Fsp3) is 0.0833. The first kappa shape index (κ1) is 9.65. The molecule has 0 unspecified atom stereocenters. The molecule has 0 saturated heterocycles. The number of aromatic nitrogens is 1.